The predicted octanol–water partition coefficient (Wildman–Crippen LogP) is 1.77. The van der Waals surface area contributed by atoms with Gasteiger partial charge in [-0.2, -0.15) is 0 Å². The van der Waals surface area contributed by atoms with Crippen molar-refractivity contribution in [2.45, 2.75) is 19.4 Å². The molecule has 1 amide bonds. The third-order valence-electron chi connectivity index (χ3n) is 2.86. The van der Waals surface area contributed by atoms with Crippen LogP contribution in [-0.4, -0.2) is 32.7 Å². The highest BCUT2D eigenvalue weighted by molar-refractivity contribution is 5.76. The van der Waals surface area contributed by atoms with Gasteiger partial charge in [-0.3, -0.25) is 4.79 Å². The van der Waals surface area contributed by atoms with Crippen LogP contribution in [0.3, 0.4) is 0 Å². The topological polar surface area (TPSA) is 50.4 Å². The van der Waals surface area contributed by atoms with Crippen LogP contribution in [0.5, 0.6) is 0 Å². The molecule has 1 aromatic carbocycles. The van der Waals surface area contributed by atoms with E-state index in [9.17, 15) is 13.6 Å². The predicted molar refractivity (Wildman–Crippen MR) is 72.3 cm³/mol. The standard InChI is InChI=1S/C14H20F2N2O2/c1-10(12-4-3-11(15)9-13(12)16)17-6-5-14(19)18-7-8-20-2/h3-4,9-10,17H,5-8H2,1-2H3,(H,18,19). The second kappa shape index (κ2) is 8.60. The number of rotatable bonds is 8. The molecule has 20 heavy (non-hydrogen) atoms. The van der Waals surface area contributed by atoms with Gasteiger partial charge < -0.3 is 15.4 Å². The van der Waals surface area contributed by atoms with Crippen LogP contribution in [0.4, 0.5) is 8.78 Å². The fourth-order valence-electron chi connectivity index (χ4n) is 1.75. The number of amides is 1. The molecule has 0 aromatic heterocycles. The van der Waals surface area contributed by atoms with Crippen molar-refractivity contribution < 1.29 is 18.3 Å². The molecule has 1 aromatic rings. The summed E-state index contributed by atoms with van der Waals surface area (Å²) in [6.45, 7) is 3.11. The fraction of sp³-hybridized carbons (Fsp3) is 0.500. The van der Waals surface area contributed by atoms with Crippen molar-refractivity contribution in [1.29, 1.82) is 0 Å². The quantitative estimate of drug-likeness (QED) is 0.716. The molecule has 1 atom stereocenters. The zero-order chi connectivity index (χ0) is 15.0. The highest BCUT2D eigenvalue weighted by Crippen LogP contribution is 2.17. The molecule has 0 aliphatic rings. The first-order chi connectivity index (χ1) is 9.54. The average molecular weight is 286 g/mol. The lowest BCUT2D eigenvalue weighted by molar-refractivity contribution is -0.121. The van der Waals surface area contributed by atoms with Gasteiger partial charge in [-0.15, -0.1) is 0 Å². The van der Waals surface area contributed by atoms with E-state index in [0.29, 0.717) is 25.3 Å². The first-order valence-corrected chi connectivity index (χ1v) is 6.48. The second-order valence-electron chi connectivity index (χ2n) is 4.43. The van der Waals surface area contributed by atoms with E-state index in [1.165, 1.54) is 12.1 Å². The Kier molecular flexibility index (Phi) is 7.11. The zero-order valence-corrected chi connectivity index (χ0v) is 11.7. The van der Waals surface area contributed by atoms with Crippen molar-refractivity contribution in [2.24, 2.45) is 0 Å². The minimum atomic E-state index is -0.601. The van der Waals surface area contributed by atoms with E-state index in [-0.39, 0.29) is 18.4 Å². The highest BCUT2D eigenvalue weighted by atomic mass is 19.1. The Hall–Kier alpha value is -1.53. The van der Waals surface area contributed by atoms with Crippen LogP contribution in [0.25, 0.3) is 0 Å². The maximum absolute atomic E-state index is 13.5. The first kappa shape index (κ1) is 16.5. The Morgan fingerprint density at radius 1 is 1.35 bits per heavy atom. The number of carbonyl (C=O) groups is 1. The maximum Gasteiger partial charge on any atom is 0.221 e. The molecular weight excluding hydrogens is 266 g/mol. The van der Waals surface area contributed by atoms with Crippen LogP contribution < -0.4 is 10.6 Å². The van der Waals surface area contributed by atoms with Gasteiger partial charge in [-0.25, -0.2) is 8.78 Å². The Morgan fingerprint density at radius 2 is 2.10 bits per heavy atom. The summed E-state index contributed by atoms with van der Waals surface area (Å²) in [5, 5.41) is 5.71. The van der Waals surface area contributed by atoms with Crippen molar-refractivity contribution in [1.82, 2.24) is 10.6 Å². The summed E-state index contributed by atoms with van der Waals surface area (Å²) in [5.41, 5.74) is 0.381. The molecular formula is C14H20F2N2O2. The molecule has 1 rings (SSSR count). The van der Waals surface area contributed by atoms with Gasteiger partial charge >= 0.3 is 0 Å². The molecule has 2 N–H and O–H groups in total. The second-order valence-corrected chi connectivity index (χ2v) is 4.43. The number of hydrogen-bond donors (Lipinski definition) is 2. The lowest BCUT2D eigenvalue weighted by Crippen LogP contribution is -2.31. The molecule has 1 unspecified atom stereocenters. The van der Waals surface area contributed by atoms with Crippen molar-refractivity contribution in [3.8, 4) is 0 Å². The van der Waals surface area contributed by atoms with Gasteiger partial charge in [-0.05, 0) is 13.0 Å². The summed E-state index contributed by atoms with van der Waals surface area (Å²) in [6.07, 6.45) is 0.289. The van der Waals surface area contributed by atoms with Gasteiger partial charge in [0.1, 0.15) is 11.6 Å². The molecule has 4 nitrogen and oxygen atoms in total. The van der Waals surface area contributed by atoms with E-state index >= 15 is 0 Å². The van der Waals surface area contributed by atoms with Gasteiger partial charge in [0.05, 0.1) is 6.61 Å². The molecule has 0 bridgehead atoms. The normalized spacial score (nSPS) is 12.2. The molecule has 0 heterocycles. The number of benzene rings is 1. The van der Waals surface area contributed by atoms with Gasteiger partial charge in [0.2, 0.25) is 5.91 Å². The largest absolute Gasteiger partial charge is 0.383 e. The lowest BCUT2D eigenvalue weighted by atomic mass is 10.1. The Bertz CT molecular complexity index is 441. The summed E-state index contributed by atoms with van der Waals surface area (Å²) in [7, 11) is 1.56. The summed E-state index contributed by atoms with van der Waals surface area (Å²) in [4.78, 5) is 11.4. The molecule has 0 saturated heterocycles. The van der Waals surface area contributed by atoms with E-state index in [2.05, 4.69) is 10.6 Å². The van der Waals surface area contributed by atoms with Gasteiger partial charge in [-0.1, -0.05) is 6.07 Å². The van der Waals surface area contributed by atoms with Gasteiger partial charge in [0.25, 0.3) is 0 Å². The van der Waals surface area contributed by atoms with E-state index in [0.717, 1.165) is 6.07 Å². The monoisotopic (exact) mass is 286 g/mol. The van der Waals surface area contributed by atoms with Crippen LogP contribution in [0.15, 0.2) is 18.2 Å². The molecule has 0 aliphatic heterocycles. The fourth-order valence-corrected chi connectivity index (χ4v) is 1.75. The highest BCUT2D eigenvalue weighted by Gasteiger charge is 2.11. The van der Waals surface area contributed by atoms with Crippen LogP contribution in [0.1, 0.15) is 24.9 Å². The van der Waals surface area contributed by atoms with Crippen molar-refractivity contribution >= 4 is 5.91 Å². The molecule has 0 radical (unpaired) electrons. The van der Waals surface area contributed by atoms with E-state index in [1.54, 1.807) is 14.0 Å². The van der Waals surface area contributed by atoms with Crippen LogP contribution in [-0.2, 0) is 9.53 Å². The minimum Gasteiger partial charge on any atom is -0.383 e. The Morgan fingerprint density at radius 3 is 2.75 bits per heavy atom. The van der Waals surface area contributed by atoms with Crippen molar-refractivity contribution in [2.75, 3.05) is 26.8 Å². The number of halogens is 2. The molecule has 0 saturated carbocycles. The summed E-state index contributed by atoms with van der Waals surface area (Å²) in [6, 6.07) is 3.18. The summed E-state index contributed by atoms with van der Waals surface area (Å²) >= 11 is 0. The maximum atomic E-state index is 13.5. The molecule has 0 spiro atoms. The smallest absolute Gasteiger partial charge is 0.221 e. The van der Waals surface area contributed by atoms with Crippen molar-refractivity contribution in [3.05, 3.63) is 35.4 Å². The van der Waals surface area contributed by atoms with Gasteiger partial charge in [0, 0.05) is 44.3 Å². The van der Waals surface area contributed by atoms with Gasteiger partial charge in [0.15, 0.2) is 0 Å². The third-order valence-corrected chi connectivity index (χ3v) is 2.86. The number of methoxy groups -OCH3 is 1. The zero-order valence-electron chi connectivity index (χ0n) is 11.7. The van der Waals surface area contributed by atoms with Crippen LogP contribution in [0, 0.1) is 11.6 Å². The SMILES string of the molecule is COCCNC(=O)CCNC(C)c1ccc(F)cc1F. The van der Waals surface area contributed by atoms with Crippen molar-refractivity contribution in [3.63, 3.8) is 0 Å². The molecule has 112 valence electrons. The Balaban J connectivity index is 2.32. The number of nitrogens with one attached hydrogen (secondary N) is 2. The molecule has 0 aliphatic carbocycles. The van der Waals surface area contributed by atoms with E-state index in [1.807, 2.05) is 0 Å². The number of carbonyl (C=O) groups excluding carboxylic acids is 1. The molecule has 6 heteroatoms. The minimum absolute atomic E-state index is 0.0960. The number of ether oxygens (including phenoxy) is 1. The lowest BCUT2D eigenvalue weighted by Gasteiger charge is -2.15. The average Bonchev–Trinajstić information content (AvgIpc) is 2.38. The summed E-state index contributed by atoms with van der Waals surface area (Å²) < 4.78 is 31.1. The molecule has 0 fully saturated rings. The van der Waals surface area contributed by atoms with Crippen LogP contribution in [0.2, 0.25) is 0 Å². The summed E-state index contributed by atoms with van der Waals surface area (Å²) in [5.74, 6) is -1.29. The first-order valence-electron chi connectivity index (χ1n) is 6.48. The Labute approximate surface area is 117 Å². The van der Waals surface area contributed by atoms with Crippen LogP contribution >= 0.6 is 0 Å². The van der Waals surface area contributed by atoms with E-state index in [4.69, 9.17) is 4.74 Å². The van der Waals surface area contributed by atoms with E-state index < -0.39 is 11.6 Å². The third kappa shape index (κ3) is 5.63. The number of hydrogen-bond acceptors (Lipinski definition) is 3.